The first-order valence-corrected chi connectivity index (χ1v) is 8.99. The second kappa shape index (κ2) is 7.58. The lowest BCUT2D eigenvalue weighted by Crippen LogP contribution is -2.34. The molecular weight excluding hydrogens is 306 g/mol. The van der Waals surface area contributed by atoms with Gasteiger partial charge in [-0.2, -0.15) is 5.26 Å². The average Bonchev–Trinajstić information content (AvgIpc) is 3.04. The van der Waals surface area contributed by atoms with Crippen molar-refractivity contribution < 1.29 is 0 Å². The topological polar surface area (TPSA) is 59.9 Å². The van der Waals surface area contributed by atoms with E-state index in [1.807, 2.05) is 23.6 Å². The van der Waals surface area contributed by atoms with Crippen LogP contribution in [0.25, 0.3) is 0 Å². The van der Waals surface area contributed by atoms with Gasteiger partial charge < -0.3 is 4.98 Å². The SMILES string of the molecule is N#Cc1ccsc1CCC1CCN(Cc2ccc[nH]c2=O)CC1. The van der Waals surface area contributed by atoms with Gasteiger partial charge in [0.25, 0.3) is 5.56 Å². The first-order valence-electron chi connectivity index (χ1n) is 8.11. The smallest absolute Gasteiger partial charge is 0.252 e. The maximum absolute atomic E-state index is 11.7. The number of H-pyrrole nitrogens is 1. The second-order valence-corrected chi connectivity index (χ2v) is 7.15. The molecule has 0 radical (unpaired) electrons. The molecule has 1 aliphatic rings. The van der Waals surface area contributed by atoms with E-state index in [-0.39, 0.29) is 5.56 Å². The summed E-state index contributed by atoms with van der Waals surface area (Å²) < 4.78 is 0. The molecule has 23 heavy (non-hydrogen) atoms. The molecule has 2 aromatic heterocycles. The summed E-state index contributed by atoms with van der Waals surface area (Å²) in [4.78, 5) is 18.1. The molecule has 0 aliphatic carbocycles. The molecule has 4 nitrogen and oxygen atoms in total. The third kappa shape index (κ3) is 4.10. The third-order valence-electron chi connectivity index (χ3n) is 4.65. The molecular formula is C18H21N3OS. The number of nitrogens with zero attached hydrogens (tertiary/aromatic N) is 2. The van der Waals surface area contributed by atoms with E-state index < -0.39 is 0 Å². The normalized spacial score (nSPS) is 16.3. The van der Waals surface area contributed by atoms with Gasteiger partial charge in [-0.3, -0.25) is 9.69 Å². The Kier molecular flexibility index (Phi) is 5.27. The summed E-state index contributed by atoms with van der Waals surface area (Å²) in [7, 11) is 0. The molecule has 2 aromatic rings. The van der Waals surface area contributed by atoms with Crippen LogP contribution in [-0.4, -0.2) is 23.0 Å². The molecule has 0 unspecified atom stereocenters. The van der Waals surface area contributed by atoms with Crippen LogP contribution in [0.1, 0.15) is 35.3 Å². The lowest BCUT2D eigenvalue weighted by atomic mass is 9.91. The van der Waals surface area contributed by atoms with E-state index in [1.165, 1.54) is 17.7 Å². The van der Waals surface area contributed by atoms with Crippen LogP contribution in [0, 0.1) is 17.2 Å². The number of thiophene rings is 1. The first-order chi connectivity index (χ1) is 11.3. The maximum Gasteiger partial charge on any atom is 0.252 e. The van der Waals surface area contributed by atoms with Crippen molar-refractivity contribution in [3.8, 4) is 6.07 Å². The van der Waals surface area contributed by atoms with Crippen molar-refractivity contribution in [2.75, 3.05) is 13.1 Å². The Morgan fingerprint density at radius 1 is 1.35 bits per heavy atom. The van der Waals surface area contributed by atoms with E-state index >= 15 is 0 Å². The zero-order valence-electron chi connectivity index (χ0n) is 13.1. The molecule has 1 fully saturated rings. The van der Waals surface area contributed by atoms with Gasteiger partial charge in [-0.15, -0.1) is 11.3 Å². The molecule has 120 valence electrons. The van der Waals surface area contributed by atoms with Crippen LogP contribution in [0.2, 0.25) is 0 Å². The van der Waals surface area contributed by atoms with Crippen molar-refractivity contribution in [3.63, 3.8) is 0 Å². The van der Waals surface area contributed by atoms with Crippen molar-refractivity contribution in [2.45, 2.75) is 32.2 Å². The lowest BCUT2D eigenvalue weighted by Gasteiger charge is -2.31. The quantitative estimate of drug-likeness (QED) is 0.917. The standard InChI is InChI=1S/C18H21N3OS/c19-12-15-7-11-23-17(15)4-3-14-5-9-21(10-6-14)13-16-2-1-8-20-18(16)22/h1-2,7-8,11,14H,3-6,9-10,13H2,(H,20,22). The van der Waals surface area contributed by atoms with Gasteiger partial charge in [0.15, 0.2) is 0 Å². The fourth-order valence-corrected chi connectivity index (χ4v) is 4.07. The number of aromatic nitrogens is 1. The van der Waals surface area contributed by atoms with E-state index in [4.69, 9.17) is 5.26 Å². The van der Waals surface area contributed by atoms with Crippen molar-refractivity contribution in [1.29, 1.82) is 5.26 Å². The number of likely N-dealkylation sites (tertiary alicyclic amines) is 1. The lowest BCUT2D eigenvalue weighted by molar-refractivity contribution is 0.172. The van der Waals surface area contributed by atoms with Crippen LogP contribution in [0.4, 0.5) is 0 Å². The zero-order chi connectivity index (χ0) is 16.1. The fourth-order valence-electron chi connectivity index (χ4n) is 3.22. The Morgan fingerprint density at radius 2 is 2.17 bits per heavy atom. The molecule has 1 aliphatic heterocycles. The van der Waals surface area contributed by atoms with Crippen LogP contribution in [0.15, 0.2) is 34.6 Å². The van der Waals surface area contributed by atoms with Gasteiger partial charge in [0.1, 0.15) is 6.07 Å². The Labute approximate surface area is 140 Å². The van der Waals surface area contributed by atoms with Gasteiger partial charge in [0, 0.05) is 23.2 Å². The minimum absolute atomic E-state index is 0.0244. The zero-order valence-corrected chi connectivity index (χ0v) is 13.9. The number of piperidine rings is 1. The number of hydrogen-bond acceptors (Lipinski definition) is 4. The number of rotatable bonds is 5. The number of hydrogen-bond donors (Lipinski definition) is 1. The second-order valence-electron chi connectivity index (χ2n) is 6.15. The monoisotopic (exact) mass is 327 g/mol. The Morgan fingerprint density at radius 3 is 2.91 bits per heavy atom. The summed E-state index contributed by atoms with van der Waals surface area (Å²) in [5.74, 6) is 0.731. The number of nitriles is 1. The summed E-state index contributed by atoms with van der Waals surface area (Å²) in [5, 5.41) is 11.1. The molecule has 0 amide bonds. The highest BCUT2D eigenvalue weighted by Crippen LogP contribution is 2.25. The average molecular weight is 327 g/mol. The summed E-state index contributed by atoms with van der Waals surface area (Å²) in [6.45, 7) is 2.84. The fraction of sp³-hybridized carbons (Fsp3) is 0.444. The van der Waals surface area contributed by atoms with Crippen LogP contribution >= 0.6 is 11.3 Å². The van der Waals surface area contributed by atoms with E-state index in [1.54, 1.807) is 17.5 Å². The van der Waals surface area contributed by atoms with Gasteiger partial charge in [-0.05, 0) is 62.2 Å². The predicted molar refractivity (Wildman–Crippen MR) is 92.4 cm³/mol. The van der Waals surface area contributed by atoms with Gasteiger partial charge in [-0.25, -0.2) is 0 Å². The van der Waals surface area contributed by atoms with Crippen molar-refractivity contribution in [3.05, 3.63) is 56.1 Å². The number of aromatic amines is 1. The third-order valence-corrected chi connectivity index (χ3v) is 5.63. The molecule has 0 bridgehead atoms. The van der Waals surface area contributed by atoms with E-state index in [0.29, 0.717) is 0 Å². The molecule has 1 N–H and O–H groups in total. The van der Waals surface area contributed by atoms with Crippen molar-refractivity contribution in [1.82, 2.24) is 9.88 Å². The van der Waals surface area contributed by atoms with Gasteiger partial charge >= 0.3 is 0 Å². The van der Waals surface area contributed by atoms with Gasteiger partial charge in [0.05, 0.1) is 5.56 Å². The maximum atomic E-state index is 11.7. The highest BCUT2D eigenvalue weighted by molar-refractivity contribution is 7.10. The number of nitrogens with one attached hydrogen (secondary N) is 1. The molecule has 0 saturated carbocycles. The largest absolute Gasteiger partial charge is 0.329 e. The molecule has 0 atom stereocenters. The summed E-state index contributed by atoms with van der Waals surface area (Å²) >= 11 is 1.70. The highest BCUT2D eigenvalue weighted by Gasteiger charge is 2.20. The molecule has 0 spiro atoms. The molecule has 3 heterocycles. The van der Waals surface area contributed by atoms with Crippen molar-refractivity contribution >= 4 is 11.3 Å². The van der Waals surface area contributed by atoms with Crippen molar-refractivity contribution in [2.24, 2.45) is 5.92 Å². The highest BCUT2D eigenvalue weighted by atomic mass is 32.1. The number of aryl methyl sites for hydroxylation is 1. The van der Waals surface area contributed by atoms with Crippen LogP contribution in [-0.2, 0) is 13.0 Å². The summed E-state index contributed by atoms with van der Waals surface area (Å²) in [5.41, 5.74) is 1.72. The molecule has 0 aromatic carbocycles. The first kappa shape index (κ1) is 16.0. The Bertz CT molecular complexity index is 735. The Balaban J connectivity index is 1.46. The van der Waals surface area contributed by atoms with Gasteiger partial charge in [0.2, 0.25) is 0 Å². The van der Waals surface area contributed by atoms with E-state index in [2.05, 4.69) is 16.0 Å². The minimum Gasteiger partial charge on any atom is -0.329 e. The molecule has 3 rings (SSSR count). The number of pyridine rings is 1. The predicted octanol–water partition coefficient (Wildman–Crippen LogP) is 3.15. The molecule has 5 heteroatoms. The van der Waals surface area contributed by atoms with Crippen LogP contribution < -0.4 is 5.56 Å². The van der Waals surface area contributed by atoms with Crippen LogP contribution in [0.3, 0.4) is 0 Å². The Hall–Kier alpha value is -1.90. The summed E-state index contributed by atoms with van der Waals surface area (Å²) in [6, 6.07) is 7.98. The van der Waals surface area contributed by atoms with Gasteiger partial charge in [-0.1, -0.05) is 6.07 Å². The van der Waals surface area contributed by atoms with Crippen LogP contribution in [0.5, 0.6) is 0 Å². The van der Waals surface area contributed by atoms with E-state index in [0.717, 1.165) is 49.5 Å². The molecule has 1 saturated heterocycles. The summed E-state index contributed by atoms with van der Waals surface area (Å²) in [6.07, 6.45) is 6.21. The minimum atomic E-state index is 0.0244. The van der Waals surface area contributed by atoms with E-state index in [9.17, 15) is 4.79 Å².